The number of anilines is 2. The number of urea groups is 1. The molecule has 0 fully saturated rings. The first-order chi connectivity index (χ1) is 17.0. The van der Waals surface area contributed by atoms with E-state index in [-0.39, 0.29) is 25.1 Å². The molecule has 2 N–H and O–H groups in total. The summed E-state index contributed by atoms with van der Waals surface area (Å²) in [7, 11) is 1.52. The van der Waals surface area contributed by atoms with E-state index in [1.165, 1.54) is 18.1 Å². The van der Waals surface area contributed by atoms with Crippen LogP contribution in [0.3, 0.4) is 0 Å². The van der Waals surface area contributed by atoms with Crippen LogP contribution in [0.2, 0.25) is 15.1 Å². The fourth-order valence-corrected chi connectivity index (χ4v) is 3.74. The smallest absolute Gasteiger partial charge is 0.322 e. The van der Waals surface area contributed by atoms with Crippen molar-refractivity contribution in [3.63, 3.8) is 0 Å². The Morgan fingerprint density at radius 2 is 1.72 bits per heavy atom. The van der Waals surface area contributed by atoms with E-state index in [1.54, 1.807) is 28.9 Å². The van der Waals surface area contributed by atoms with Crippen molar-refractivity contribution in [2.45, 2.75) is 26.2 Å². The Morgan fingerprint density at radius 1 is 1.00 bits per heavy atom. The second-order valence-corrected chi connectivity index (χ2v) is 10.3. The molecule has 0 bridgehead atoms. The number of benzene rings is 2. The molecule has 8 nitrogen and oxygen atoms in total. The predicted octanol–water partition coefficient (Wildman–Crippen LogP) is 6.25. The molecule has 1 aromatic heterocycles. The maximum atomic E-state index is 13.1. The molecule has 0 radical (unpaired) electrons. The SMILES string of the molecule is COCCN(CC(=O)Nc1cc(C(C)(C)C)nn1-c1ccccc1Cl)C(=O)Nc1ccc(Cl)c(Cl)c1. The lowest BCUT2D eigenvalue weighted by molar-refractivity contribution is -0.116. The first-order valence-electron chi connectivity index (χ1n) is 11.1. The summed E-state index contributed by atoms with van der Waals surface area (Å²) in [5, 5.41) is 11.4. The number of amides is 3. The van der Waals surface area contributed by atoms with Crippen LogP contribution in [0, 0.1) is 0 Å². The molecule has 2 aromatic carbocycles. The minimum Gasteiger partial charge on any atom is -0.383 e. The van der Waals surface area contributed by atoms with Gasteiger partial charge < -0.3 is 20.3 Å². The standard InChI is InChI=1S/C25H28Cl3N5O3/c1-25(2,3)21-14-22(33(31-21)20-8-6-5-7-18(20)27)30-23(34)15-32(11-12-36-4)24(35)29-16-9-10-17(26)19(28)13-16/h5-10,13-14H,11-12,15H2,1-4H3,(H,29,35)(H,30,34). The Balaban J connectivity index is 1.82. The van der Waals surface area contributed by atoms with Gasteiger partial charge in [-0.1, -0.05) is 67.7 Å². The summed E-state index contributed by atoms with van der Waals surface area (Å²) in [5.41, 5.74) is 1.57. The molecule has 0 aliphatic rings. The van der Waals surface area contributed by atoms with Crippen LogP contribution in [0.5, 0.6) is 0 Å². The van der Waals surface area contributed by atoms with Gasteiger partial charge in [0.25, 0.3) is 0 Å². The van der Waals surface area contributed by atoms with Crippen molar-refractivity contribution in [2.24, 2.45) is 0 Å². The topological polar surface area (TPSA) is 88.5 Å². The van der Waals surface area contributed by atoms with Crippen molar-refractivity contribution in [1.82, 2.24) is 14.7 Å². The molecule has 192 valence electrons. The molecule has 36 heavy (non-hydrogen) atoms. The molecule has 0 saturated carbocycles. The Kier molecular flexibility index (Phi) is 9.24. The molecular weight excluding hydrogens is 525 g/mol. The van der Waals surface area contributed by atoms with Crippen molar-refractivity contribution >= 4 is 58.2 Å². The summed E-state index contributed by atoms with van der Waals surface area (Å²) in [6.45, 7) is 6.28. The van der Waals surface area contributed by atoms with Crippen molar-refractivity contribution in [3.8, 4) is 5.69 Å². The van der Waals surface area contributed by atoms with Crippen molar-refractivity contribution < 1.29 is 14.3 Å². The van der Waals surface area contributed by atoms with Gasteiger partial charge in [-0.2, -0.15) is 5.10 Å². The molecule has 0 saturated heterocycles. The molecule has 1 heterocycles. The Morgan fingerprint density at radius 3 is 2.36 bits per heavy atom. The average Bonchev–Trinajstić information content (AvgIpc) is 3.23. The lowest BCUT2D eigenvalue weighted by atomic mass is 9.92. The molecule has 0 aliphatic heterocycles. The van der Waals surface area contributed by atoms with E-state index in [2.05, 4.69) is 15.7 Å². The van der Waals surface area contributed by atoms with Crippen LogP contribution < -0.4 is 10.6 Å². The monoisotopic (exact) mass is 551 g/mol. The molecular formula is C25H28Cl3N5O3. The zero-order chi connectivity index (χ0) is 26.5. The van der Waals surface area contributed by atoms with E-state index in [0.29, 0.717) is 32.3 Å². The third-order valence-corrected chi connectivity index (χ3v) is 6.24. The largest absolute Gasteiger partial charge is 0.383 e. The van der Waals surface area contributed by atoms with E-state index >= 15 is 0 Å². The van der Waals surface area contributed by atoms with E-state index < -0.39 is 11.9 Å². The molecule has 0 unspecified atom stereocenters. The highest BCUT2D eigenvalue weighted by atomic mass is 35.5. The van der Waals surface area contributed by atoms with E-state index in [4.69, 9.17) is 39.5 Å². The quantitative estimate of drug-likeness (QED) is 0.346. The van der Waals surface area contributed by atoms with Crippen molar-refractivity contribution in [1.29, 1.82) is 0 Å². The second-order valence-electron chi connectivity index (χ2n) is 9.05. The number of nitrogens with zero attached hydrogens (tertiary/aromatic N) is 3. The third-order valence-electron chi connectivity index (χ3n) is 5.18. The minimum absolute atomic E-state index is 0.189. The minimum atomic E-state index is -0.490. The molecule has 3 aromatic rings. The van der Waals surface area contributed by atoms with Crippen LogP contribution in [0.4, 0.5) is 16.3 Å². The van der Waals surface area contributed by atoms with Gasteiger partial charge in [-0.25, -0.2) is 9.48 Å². The van der Waals surface area contributed by atoms with Gasteiger partial charge in [0.2, 0.25) is 5.91 Å². The number of halogens is 3. The number of ether oxygens (including phenoxy) is 1. The predicted molar refractivity (Wildman–Crippen MR) is 145 cm³/mol. The van der Waals surface area contributed by atoms with Crippen LogP contribution in [0.1, 0.15) is 26.5 Å². The lowest BCUT2D eigenvalue weighted by Crippen LogP contribution is -2.42. The molecule has 3 rings (SSSR count). The number of carbonyl (C=O) groups excluding carboxylic acids is 2. The number of rotatable bonds is 8. The number of aromatic nitrogens is 2. The lowest BCUT2D eigenvalue weighted by Gasteiger charge is -2.22. The summed E-state index contributed by atoms with van der Waals surface area (Å²) < 4.78 is 6.71. The van der Waals surface area contributed by atoms with E-state index in [1.807, 2.05) is 39.0 Å². The van der Waals surface area contributed by atoms with Crippen LogP contribution in [-0.2, 0) is 14.9 Å². The number of hydrogen-bond donors (Lipinski definition) is 2. The summed E-state index contributed by atoms with van der Waals surface area (Å²) in [6.07, 6.45) is 0. The van der Waals surface area contributed by atoms with Crippen LogP contribution >= 0.6 is 34.8 Å². The Bertz CT molecular complexity index is 1240. The summed E-state index contributed by atoms with van der Waals surface area (Å²) in [5.74, 6) is 0.0265. The number of methoxy groups -OCH3 is 1. The van der Waals surface area contributed by atoms with Gasteiger partial charge in [-0.15, -0.1) is 0 Å². The molecule has 3 amide bonds. The second kappa shape index (κ2) is 12.0. The Labute approximate surface area is 225 Å². The first-order valence-corrected chi connectivity index (χ1v) is 12.3. The molecule has 0 atom stereocenters. The van der Waals surface area contributed by atoms with Crippen LogP contribution in [0.15, 0.2) is 48.5 Å². The average molecular weight is 553 g/mol. The van der Waals surface area contributed by atoms with Gasteiger partial charge in [0, 0.05) is 30.8 Å². The normalized spacial score (nSPS) is 11.3. The van der Waals surface area contributed by atoms with Crippen LogP contribution in [0.25, 0.3) is 5.69 Å². The number of hydrogen-bond acceptors (Lipinski definition) is 4. The van der Waals surface area contributed by atoms with E-state index in [9.17, 15) is 9.59 Å². The molecule has 0 aliphatic carbocycles. The number of para-hydroxylation sites is 1. The summed E-state index contributed by atoms with van der Waals surface area (Å²) >= 11 is 18.4. The van der Waals surface area contributed by atoms with Gasteiger partial charge in [0.15, 0.2) is 0 Å². The Hall–Kier alpha value is -2.78. The van der Waals surface area contributed by atoms with Gasteiger partial charge in [0.1, 0.15) is 12.4 Å². The first kappa shape index (κ1) is 27.8. The maximum Gasteiger partial charge on any atom is 0.322 e. The highest BCUT2D eigenvalue weighted by Crippen LogP contribution is 2.29. The van der Waals surface area contributed by atoms with Gasteiger partial charge in [-0.05, 0) is 30.3 Å². The maximum absolute atomic E-state index is 13.1. The van der Waals surface area contributed by atoms with Crippen molar-refractivity contribution in [2.75, 3.05) is 37.4 Å². The fraction of sp³-hybridized carbons (Fsp3) is 0.320. The van der Waals surface area contributed by atoms with Gasteiger partial charge >= 0.3 is 6.03 Å². The zero-order valence-corrected chi connectivity index (χ0v) is 22.7. The van der Waals surface area contributed by atoms with Crippen LogP contribution in [-0.4, -0.2) is 53.4 Å². The fourth-order valence-electron chi connectivity index (χ4n) is 3.23. The highest BCUT2D eigenvalue weighted by molar-refractivity contribution is 6.42. The molecule has 11 heteroatoms. The van der Waals surface area contributed by atoms with Gasteiger partial charge in [0.05, 0.1) is 33.1 Å². The number of nitrogens with one attached hydrogen (secondary N) is 2. The van der Waals surface area contributed by atoms with Gasteiger partial charge in [-0.3, -0.25) is 4.79 Å². The van der Waals surface area contributed by atoms with Crippen molar-refractivity contribution in [3.05, 3.63) is 69.3 Å². The van der Waals surface area contributed by atoms with E-state index in [0.717, 1.165) is 5.69 Å². The molecule has 0 spiro atoms. The summed E-state index contributed by atoms with van der Waals surface area (Å²) in [6, 6.07) is 13.3. The highest BCUT2D eigenvalue weighted by Gasteiger charge is 2.24. The zero-order valence-electron chi connectivity index (χ0n) is 20.4. The summed E-state index contributed by atoms with van der Waals surface area (Å²) in [4.78, 5) is 27.4. The third kappa shape index (κ3) is 7.13. The number of carbonyl (C=O) groups is 2.